The molecule has 0 saturated heterocycles. The molecule has 2 aromatic carbocycles. The number of carbonyl (C=O) groups excluding carboxylic acids is 2. The van der Waals surface area contributed by atoms with Gasteiger partial charge in [-0.15, -0.1) is 0 Å². The van der Waals surface area contributed by atoms with Crippen LogP contribution < -0.4 is 10.6 Å². The van der Waals surface area contributed by atoms with E-state index in [4.69, 9.17) is 11.6 Å². The third-order valence-corrected chi connectivity index (χ3v) is 6.25. The van der Waals surface area contributed by atoms with E-state index in [2.05, 4.69) is 26.7 Å². The van der Waals surface area contributed by atoms with Crippen molar-refractivity contribution in [3.8, 4) is 0 Å². The van der Waals surface area contributed by atoms with E-state index < -0.39 is 0 Å². The molecule has 0 atom stereocenters. The minimum Gasteiger partial charge on any atom is -0.361 e. The second-order valence-corrected chi connectivity index (χ2v) is 8.50. The van der Waals surface area contributed by atoms with Gasteiger partial charge in [0.15, 0.2) is 0 Å². The van der Waals surface area contributed by atoms with Gasteiger partial charge in [0.25, 0.3) is 0 Å². The fourth-order valence-electron chi connectivity index (χ4n) is 4.39. The van der Waals surface area contributed by atoms with Crippen LogP contribution in [0.1, 0.15) is 16.8 Å². The van der Waals surface area contributed by atoms with Crippen molar-refractivity contribution in [2.75, 3.05) is 19.6 Å². The molecule has 8 heteroatoms. The summed E-state index contributed by atoms with van der Waals surface area (Å²) >= 11 is 6.09. The lowest BCUT2D eigenvalue weighted by Crippen LogP contribution is -2.46. The first-order valence-electron chi connectivity index (χ1n) is 10.7. The second kappa shape index (κ2) is 8.59. The van der Waals surface area contributed by atoms with Gasteiger partial charge in [0.05, 0.1) is 13.1 Å². The highest BCUT2D eigenvalue weighted by molar-refractivity contribution is 6.31. The van der Waals surface area contributed by atoms with E-state index in [0.717, 1.165) is 34.1 Å². The van der Waals surface area contributed by atoms with Crippen molar-refractivity contribution in [1.29, 1.82) is 0 Å². The van der Waals surface area contributed by atoms with Crippen molar-refractivity contribution in [1.82, 2.24) is 25.5 Å². The first-order valence-corrected chi connectivity index (χ1v) is 11.1. The second-order valence-electron chi connectivity index (χ2n) is 8.06. The highest BCUT2D eigenvalue weighted by Gasteiger charge is 2.23. The van der Waals surface area contributed by atoms with Gasteiger partial charge in [0.1, 0.15) is 0 Å². The summed E-state index contributed by atoms with van der Waals surface area (Å²) in [5.41, 5.74) is 5.55. The number of amides is 3. The van der Waals surface area contributed by atoms with Gasteiger partial charge < -0.3 is 25.5 Å². The Morgan fingerprint density at radius 2 is 1.94 bits per heavy atom. The average molecular weight is 450 g/mol. The highest BCUT2D eigenvalue weighted by atomic mass is 35.5. The molecule has 1 aliphatic rings. The number of H-pyrrole nitrogens is 2. The van der Waals surface area contributed by atoms with Crippen molar-refractivity contribution in [2.24, 2.45) is 0 Å². The van der Waals surface area contributed by atoms with E-state index in [1.807, 2.05) is 42.6 Å². The lowest BCUT2D eigenvalue weighted by atomic mass is 10.0. The van der Waals surface area contributed by atoms with E-state index in [0.29, 0.717) is 31.1 Å². The summed E-state index contributed by atoms with van der Waals surface area (Å²) < 4.78 is 0. The summed E-state index contributed by atoms with van der Waals surface area (Å²) in [5.74, 6) is -0.209. The molecule has 3 amide bonds. The smallest absolute Gasteiger partial charge is 0.318 e. The lowest BCUT2D eigenvalue weighted by molar-refractivity contribution is -0.120. The maximum atomic E-state index is 12.6. The molecule has 2 aromatic heterocycles. The summed E-state index contributed by atoms with van der Waals surface area (Å²) in [5, 5.41) is 8.56. The molecule has 4 aromatic rings. The minimum absolute atomic E-state index is 0.0470. The molecule has 0 radical (unpaired) electrons. The van der Waals surface area contributed by atoms with Crippen LogP contribution in [0.4, 0.5) is 4.79 Å². The molecule has 0 spiro atoms. The predicted octanol–water partition coefficient (Wildman–Crippen LogP) is 3.73. The molecule has 1 aliphatic heterocycles. The molecule has 164 valence electrons. The first-order chi connectivity index (χ1) is 15.6. The van der Waals surface area contributed by atoms with Crippen LogP contribution in [0.3, 0.4) is 0 Å². The van der Waals surface area contributed by atoms with Crippen LogP contribution >= 0.6 is 11.6 Å². The van der Waals surface area contributed by atoms with Gasteiger partial charge in [-0.3, -0.25) is 4.79 Å². The van der Waals surface area contributed by atoms with Crippen LogP contribution in [0.2, 0.25) is 5.02 Å². The number of halogens is 1. The molecule has 7 nitrogen and oxygen atoms in total. The normalized spacial score (nSPS) is 13.3. The molecular weight excluding hydrogens is 426 g/mol. The van der Waals surface area contributed by atoms with Crippen LogP contribution in [-0.2, 0) is 24.2 Å². The molecule has 0 unspecified atom stereocenters. The van der Waals surface area contributed by atoms with E-state index in [-0.39, 0.29) is 18.5 Å². The largest absolute Gasteiger partial charge is 0.361 e. The summed E-state index contributed by atoms with van der Waals surface area (Å²) in [4.78, 5) is 33.1. The zero-order valence-electron chi connectivity index (χ0n) is 17.5. The van der Waals surface area contributed by atoms with Crippen LogP contribution in [0.5, 0.6) is 0 Å². The number of carbonyl (C=O) groups is 2. The third kappa shape index (κ3) is 4.03. The highest BCUT2D eigenvalue weighted by Crippen LogP contribution is 2.27. The minimum atomic E-state index is -0.226. The molecule has 4 N–H and O–H groups in total. The predicted molar refractivity (Wildman–Crippen MR) is 126 cm³/mol. The Balaban J connectivity index is 1.10. The Kier molecular flexibility index (Phi) is 5.49. The maximum Gasteiger partial charge on any atom is 0.318 e. The SMILES string of the molecule is O=C(CNC(=O)N1CCc2c([nH]c3ccccc23)C1)NCCc1c[nH]c2ccc(Cl)cc12. The summed E-state index contributed by atoms with van der Waals surface area (Å²) in [7, 11) is 0. The van der Waals surface area contributed by atoms with Gasteiger partial charge in [-0.1, -0.05) is 29.8 Å². The number of rotatable bonds is 5. The van der Waals surface area contributed by atoms with Gasteiger partial charge in [0, 0.05) is 51.8 Å². The Morgan fingerprint density at radius 1 is 1.06 bits per heavy atom. The standard InChI is InChI=1S/C24H24ClN5O2/c25-16-5-6-20-19(11-16)15(12-27-20)7-9-26-23(31)13-28-24(32)30-10-8-18-17-3-1-2-4-21(17)29-22(18)14-30/h1-6,11-12,27,29H,7-10,13-14H2,(H,26,31)(H,28,32). The lowest BCUT2D eigenvalue weighted by Gasteiger charge is -2.27. The fourth-order valence-corrected chi connectivity index (χ4v) is 4.56. The summed E-state index contributed by atoms with van der Waals surface area (Å²) in [6.45, 7) is 1.58. The summed E-state index contributed by atoms with van der Waals surface area (Å²) in [6, 6.07) is 13.7. The van der Waals surface area contributed by atoms with Gasteiger partial charge in [-0.25, -0.2) is 4.79 Å². The topological polar surface area (TPSA) is 93.0 Å². The van der Waals surface area contributed by atoms with Crippen molar-refractivity contribution in [3.05, 3.63) is 70.5 Å². The number of para-hydroxylation sites is 1. The first kappa shape index (κ1) is 20.5. The van der Waals surface area contributed by atoms with E-state index >= 15 is 0 Å². The zero-order valence-corrected chi connectivity index (χ0v) is 18.3. The van der Waals surface area contributed by atoms with Crippen molar-refractivity contribution >= 4 is 45.3 Å². The van der Waals surface area contributed by atoms with E-state index in [1.165, 1.54) is 10.9 Å². The monoisotopic (exact) mass is 449 g/mol. The Morgan fingerprint density at radius 3 is 2.84 bits per heavy atom. The quantitative estimate of drug-likeness (QED) is 0.374. The molecule has 0 saturated carbocycles. The van der Waals surface area contributed by atoms with Crippen LogP contribution in [0.25, 0.3) is 21.8 Å². The van der Waals surface area contributed by atoms with Crippen molar-refractivity contribution < 1.29 is 9.59 Å². The van der Waals surface area contributed by atoms with E-state index in [9.17, 15) is 9.59 Å². The van der Waals surface area contributed by atoms with Gasteiger partial charge >= 0.3 is 6.03 Å². The molecule has 32 heavy (non-hydrogen) atoms. The fraction of sp³-hybridized carbons (Fsp3) is 0.250. The number of aromatic nitrogens is 2. The Labute approximate surface area is 190 Å². The number of fused-ring (bicyclic) bond motifs is 4. The van der Waals surface area contributed by atoms with Gasteiger partial charge in [-0.05, 0) is 48.2 Å². The number of nitrogens with zero attached hydrogens (tertiary/aromatic N) is 1. The van der Waals surface area contributed by atoms with Crippen molar-refractivity contribution in [2.45, 2.75) is 19.4 Å². The third-order valence-electron chi connectivity index (χ3n) is 6.02. The molecule has 5 rings (SSSR count). The number of aromatic amines is 2. The average Bonchev–Trinajstić information content (AvgIpc) is 3.37. The number of benzene rings is 2. The molecule has 0 aliphatic carbocycles. The van der Waals surface area contributed by atoms with Gasteiger partial charge in [0.2, 0.25) is 5.91 Å². The molecule has 0 fully saturated rings. The Bertz CT molecular complexity index is 1310. The molecule has 3 heterocycles. The Hall–Kier alpha value is -3.45. The number of hydrogen-bond acceptors (Lipinski definition) is 2. The molecular formula is C24H24ClN5O2. The van der Waals surface area contributed by atoms with Crippen LogP contribution in [-0.4, -0.2) is 46.4 Å². The summed E-state index contributed by atoms with van der Waals surface area (Å²) in [6.07, 6.45) is 3.41. The van der Waals surface area contributed by atoms with Crippen LogP contribution in [0.15, 0.2) is 48.7 Å². The zero-order chi connectivity index (χ0) is 22.1. The number of hydrogen-bond donors (Lipinski definition) is 4. The molecule has 0 bridgehead atoms. The maximum absolute atomic E-state index is 12.6. The number of nitrogens with one attached hydrogen (secondary N) is 4. The van der Waals surface area contributed by atoms with E-state index in [1.54, 1.807) is 4.90 Å². The van der Waals surface area contributed by atoms with Crippen LogP contribution in [0, 0.1) is 0 Å². The van der Waals surface area contributed by atoms with Gasteiger partial charge in [-0.2, -0.15) is 0 Å². The van der Waals surface area contributed by atoms with Crippen molar-refractivity contribution in [3.63, 3.8) is 0 Å². The number of urea groups is 1.